The third-order valence-corrected chi connectivity index (χ3v) is 29.0. The molecule has 210 valence electrons. The van der Waals surface area contributed by atoms with Crippen LogP contribution in [-0.2, 0) is 32.9 Å². The molecule has 0 N–H and O–H groups in total. The van der Waals surface area contributed by atoms with E-state index in [1.165, 1.54) is 0 Å². The predicted molar refractivity (Wildman–Crippen MR) is 171 cm³/mol. The smallest absolute Gasteiger partial charge is 0.399 e. The molecule has 0 aromatic heterocycles. The molecule has 0 bridgehead atoms. The summed E-state index contributed by atoms with van der Waals surface area (Å²) in [6.45, 7) is 27.5. The fourth-order valence-corrected chi connectivity index (χ4v) is 31.4. The number of hydrogen-bond donors (Lipinski definition) is 0. The molecule has 0 radical (unpaired) electrons. The van der Waals surface area contributed by atoms with Gasteiger partial charge in [0.2, 0.25) is 0 Å². The van der Waals surface area contributed by atoms with Gasteiger partial charge in [0, 0.05) is 0 Å². The molecule has 0 spiro atoms. The van der Waals surface area contributed by atoms with E-state index in [1.807, 2.05) is 36.9 Å². The van der Waals surface area contributed by atoms with Gasteiger partial charge in [-0.15, -0.1) is 0 Å². The molecule has 0 aliphatic heterocycles. The van der Waals surface area contributed by atoms with Crippen LogP contribution in [0.4, 0.5) is 0 Å². The van der Waals surface area contributed by atoms with E-state index >= 15 is 0 Å². The Kier molecular flexibility index (Phi) is 15.1. The van der Waals surface area contributed by atoms with Crippen molar-refractivity contribution >= 4 is 86.1 Å². The molecule has 0 amide bonds. The average molecular weight is 659 g/mol. The topological polar surface area (TPSA) is 73.8 Å². The van der Waals surface area contributed by atoms with Crippen molar-refractivity contribution in [2.75, 3.05) is 0 Å². The van der Waals surface area contributed by atoms with Crippen LogP contribution in [0.5, 0.6) is 0 Å². The maximum absolute atomic E-state index is 7.08. The Bertz CT molecular complexity index is 663. The third-order valence-electron chi connectivity index (χ3n) is 4.22. The maximum Gasteiger partial charge on any atom is 0.638 e. The molecule has 1 aromatic carbocycles. The Morgan fingerprint density at radius 1 is 0.444 bits per heavy atom. The molecule has 0 saturated carbocycles. The fraction of sp³-hybridized carbons (Fsp3) is 0.684. The molecule has 0 aliphatic rings. The second-order valence-electron chi connectivity index (χ2n) is 10.5. The van der Waals surface area contributed by atoms with Crippen LogP contribution in [0.2, 0.25) is 85.1 Å². The second-order valence-corrected chi connectivity index (χ2v) is 34.9. The van der Waals surface area contributed by atoms with Crippen LogP contribution in [0, 0.1) is 0 Å². The van der Waals surface area contributed by atoms with Gasteiger partial charge in [-0.3, -0.25) is 0 Å². The van der Waals surface area contributed by atoms with Gasteiger partial charge in [0.05, 0.1) is 0 Å². The van der Waals surface area contributed by atoms with Crippen LogP contribution in [0.15, 0.2) is 30.3 Å². The van der Waals surface area contributed by atoms with Gasteiger partial charge in [0.15, 0.2) is 54.2 Å². The lowest BCUT2D eigenvalue weighted by Gasteiger charge is -2.43. The molecule has 1 rings (SSSR count). The number of rotatable bonds is 17. The van der Waals surface area contributed by atoms with Crippen LogP contribution in [0.3, 0.4) is 0 Å². The van der Waals surface area contributed by atoms with Crippen LogP contribution in [0.25, 0.3) is 0 Å². The van der Waals surface area contributed by atoms with E-state index in [0.29, 0.717) is 0 Å². The van der Waals surface area contributed by atoms with Crippen LogP contribution in [-0.4, -0.2) is 80.9 Å². The highest BCUT2D eigenvalue weighted by atomic mass is 28.6. The summed E-state index contributed by atoms with van der Waals surface area (Å²) in [7, 11) is -19.8. The molecule has 17 heteroatoms. The molecule has 8 nitrogen and oxygen atoms in total. The van der Waals surface area contributed by atoms with Crippen LogP contribution in [0.1, 0.15) is 0 Å². The van der Waals surface area contributed by atoms with Crippen LogP contribution < -0.4 is 5.19 Å². The minimum absolute atomic E-state index is 0.952. The summed E-state index contributed by atoms with van der Waals surface area (Å²) in [6, 6.07) is 10.1. The van der Waals surface area contributed by atoms with Crippen molar-refractivity contribution in [2.45, 2.75) is 85.1 Å². The van der Waals surface area contributed by atoms with Crippen molar-refractivity contribution < 1.29 is 32.9 Å². The minimum Gasteiger partial charge on any atom is -0.399 e. The molecule has 0 saturated heterocycles. The summed E-state index contributed by atoms with van der Waals surface area (Å²) < 4.78 is 53.7. The summed E-state index contributed by atoms with van der Waals surface area (Å²) >= 11 is 0. The first kappa shape index (κ1) is 34.9. The first-order valence-electron chi connectivity index (χ1n) is 13.0. The Hall–Kier alpha value is 0.852. The summed E-state index contributed by atoms with van der Waals surface area (Å²) in [6.07, 6.45) is 0. The van der Waals surface area contributed by atoms with E-state index in [4.69, 9.17) is 32.9 Å². The molecule has 0 aliphatic carbocycles. The van der Waals surface area contributed by atoms with Gasteiger partial charge in [-0.2, -0.15) is 0 Å². The molecule has 0 atom stereocenters. The van der Waals surface area contributed by atoms with E-state index in [1.54, 1.807) is 0 Å². The normalized spacial score (nSPS) is 13.9. The van der Waals surface area contributed by atoms with Crippen molar-refractivity contribution in [1.29, 1.82) is 0 Å². The van der Waals surface area contributed by atoms with Crippen molar-refractivity contribution in [2.24, 2.45) is 0 Å². The predicted octanol–water partition coefficient (Wildman–Crippen LogP) is 2.87. The molecule has 0 unspecified atom stereocenters. The second kappa shape index (κ2) is 15.6. The highest BCUT2D eigenvalue weighted by Gasteiger charge is 2.60. The summed E-state index contributed by atoms with van der Waals surface area (Å²) in [5, 5.41) is 0.952. The summed E-state index contributed by atoms with van der Waals surface area (Å²) in [5.41, 5.74) is 0. The van der Waals surface area contributed by atoms with E-state index in [2.05, 4.69) is 78.6 Å². The number of hydrogen-bond acceptors (Lipinski definition) is 8. The van der Waals surface area contributed by atoms with E-state index in [9.17, 15) is 0 Å². The molecule has 0 fully saturated rings. The molecule has 1 aromatic rings. The average Bonchev–Trinajstić information content (AvgIpc) is 2.64. The molecule has 0 heterocycles. The lowest BCUT2D eigenvalue weighted by molar-refractivity contribution is 0.114. The summed E-state index contributed by atoms with van der Waals surface area (Å²) in [4.78, 5) is 0. The Balaban J connectivity index is 3.76. The van der Waals surface area contributed by atoms with Gasteiger partial charge in [-0.25, -0.2) is 0 Å². The summed E-state index contributed by atoms with van der Waals surface area (Å²) in [5.74, 6) is 0. The molecule has 36 heavy (non-hydrogen) atoms. The quantitative estimate of drug-likeness (QED) is 0.237. The van der Waals surface area contributed by atoms with Crippen molar-refractivity contribution in [3.63, 3.8) is 0 Å². The van der Waals surface area contributed by atoms with Crippen molar-refractivity contribution in [3.05, 3.63) is 30.3 Å². The zero-order valence-electron chi connectivity index (χ0n) is 24.6. The monoisotopic (exact) mass is 658 g/mol. The third kappa shape index (κ3) is 12.4. The van der Waals surface area contributed by atoms with Gasteiger partial charge in [-0.1, -0.05) is 30.3 Å². The highest BCUT2D eigenvalue weighted by molar-refractivity contribution is 6.93. The lowest BCUT2D eigenvalue weighted by atomic mass is 10.4. The Morgan fingerprint density at radius 2 is 0.694 bits per heavy atom. The van der Waals surface area contributed by atoms with E-state index < -0.39 is 80.9 Å². The van der Waals surface area contributed by atoms with Gasteiger partial charge in [0.25, 0.3) is 0 Å². The van der Waals surface area contributed by atoms with Crippen LogP contribution >= 0.6 is 0 Å². The Labute approximate surface area is 233 Å². The SMILES string of the molecule is C[SiH](C)O[Si](O[SiH](C)C)(O[SiH](C)C)O[Si](C)(O[Si](O[SiH](C)C)(O[SiH](C)C)O[SiH](C)C)c1ccccc1. The fourth-order valence-electron chi connectivity index (χ4n) is 3.40. The first-order valence-corrected chi connectivity index (χ1v) is 35.3. The van der Waals surface area contributed by atoms with Gasteiger partial charge in [0.1, 0.15) is 0 Å². The molecular weight excluding hydrogens is 609 g/mol. The van der Waals surface area contributed by atoms with Gasteiger partial charge < -0.3 is 32.9 Å². The molecular formula is C19H50O8Si9. The highest BCUT2D eigenvalue weighted by Crippen LogP contribution is 2.28. The Morgan fingerprint density at radius 3 is 0.917 bits per heavy atom. The van der Waals surface area contributed by atoms with Gasteiger partial charge >= 0.3 is 26.7 Å². The standard InChI is InChI=1S/C19H50O8Si9/c1-28(2)20-35(21-29(3)4,22-30(5)6)26-34(13,19-17-15-14-16-18-19)27-36(23-31(7)8,24-32(9)10)25-33(11)12/h14-18,28-33H,1-13H3. The van der Waals surface area contributed by atoms with Gasteiger partial charge in [-0.05, 0) is 90.3 Å². The van der Waals surface area contributed by atoms with E-state index in [0.717, 1.165) is 5.19 Å². The van der Waals surface area contributed by atoms with E-state index in [-0.39, 0.29) is 0 Å². The minimum atomic E-state index is -3.51. The number of benzene rings is 1. The van der Waals surface area contributed by atoms with Crippen molar-refractivity contribution in [3.8, 4) is 0 Å². The van der Waals surface area contributed by atoms with Crippen molar-refractivity contribution in [1.82, 2.24) is 0 Å². The zero-order chi connectivity index (χ0) is 27.7. The largest absolute Gasteiger partial charge is 0.638 e. The maximum atomic E-state index is 7.08. The lowest BCUT2D eigenvalue weighted by Crippen LogP contribution is -2.70. The zero-order valence-corrected chi connectivity index (χ0v) is 34.5. The first-order chi connectivity index (χ1) is 16.5.